The zero-order valence-electron chi connectivity index (χ0n) is 8.17. The predicted octanol–water partition coefficient (Wildman–Crippen LogP) is 0.125. The number of aliphatic hydroxyl groups is 2. The standard InChI is InChI=1S/C9H13NO4S/c1-14-9(13)6-3-2-5(10-6)8(12)7(11)4-15/h2-3,7-8,10-12,15H,4H2,1H3. The number of ether oxygens (including phenoxy) is 1. The summed E-state index contributed by atoms with van der Waals surface area (Å²) in [4.78, 5) is 13.7. The summed E-state index contributed by atoms with van der Waals surface area (Å²) in [7, 11) is 1.27. The fraction of sp³-hybridized carbons (Fsp3) is 0.444. The van der Waals surface area contributed by atoms with Crippen LogP contribution in [0.4, 0.5) is 0 Å². The van der Waals surface area contributed by atoms with Gasteiger partial charge in [-0.25, -0.2) is 4.79 Å². The van der Waals surface area contributed by atoms with Crippen LogP contribution < -0.4 is 0 Å². The lowest BCUT2D eigenvalue weighted by molar-refractivity contribution is 0.0311. The van der Waals surface area contributed by atoms with E-state index < -0.39 is 18.2 Å². The van der Waals surface area contributed by atoms with Gasteiger partial charge in [-0.3, -0.25) is 0 Å². The largest absolute Gasteiger partial charge is 0.464 e. The highest BCUT2D eigenvalue weighted by Crippen LogP contribution is 2.17. The predicted molar refractivity (Wildman–Crippen MR) is 57.0 cm³/mol. The maximum Gasteiger partial charge on any atom is 0.354 e. The summed E-state index contributed by atoms with van der Waals surface area (Å²) in [5, 5.41) is 18.9. The number of carbonyl (C=O) groups is 1. The Labute approximate surface area is 92.5 Å². The van der Waals surface area contributed by atoms with Gasteiger partial charge in [0.05, 0.1) is 13.2 Å². The minimum Gasteiger partial charge on any atom is -0.464 e. The third-order valence-electron chi connectivity index (χ3n) is 1.98. The number of aliphatic hydroxyl groups excluding tert-OH is 2. The summed E-state index contributed by atoms with van der Waals surface area (Å²) < 4.78 is 4.49. The lowest BCUT2D eigenvalue weighted by Crippen LogP contribution is -2.20. The Kier molecular flexibility index (Phi) is 4.19. The Morgan fingerprint density at radius 1 is 1.60 bits per heavy atom. The van der Waals surface area contributed by atoms with E-state index >= 15 is 0 Å². The number of esters is 1. The number of thiol groups is 1. The van der Waals surface area contributed by atoms with Gasteiger partial charge in [-0.05, 0) is 12.1 Å². The molecule has 0 aliphatic carbocycles. The maximum absolute atomic E-state index is 11.1. The van der Waals surface area contributed by atoms with Crippen molar-refractivity contribution in [2.75, 3.05) is 12.9 Å². The topological polar surface area (TPSA) is 82.6 Å². The van der Waals surface area contributed by atoms with Gasteiger partial charge in [0.25, 0.3) is 0 Å². The molecule has 0 aliphatic heterocycles. The fourth-order valence-corrected chi connectivity index (χ4v) is 1.32. The van der Waals surface area contributed by atoms with E-state index in [1.54, 1.807) is 0 Å². The van der Waals surface area contributed by atoms with Gasteiger partial charge in [0, 0.05) is 11.4 Å². The molecule has 6 heteroatoms. The van der Waals surface area contributed by atoms with Crippen LogP contribution in [0.2, 0.25) is 0 Å². The Hall–Kier alpha value is -0.980. The van der Waals surface area contributed by atoms with Gasteiger partial charge in [-0.2, -0.15) is 12.6 Å². The van der Waals surface area contributed by atoms with Gasteiger partial charge >= 0.3 is 5.97 Å². The number of aromatic nitrogens is 1. The van der Waals surface area contributed by atoms with Crippen molar-refractivity contribution < 1.29 is 19.7 Å². The fourth-order valence-electron chi connectivity index (χ4n) is 1.12. The van der Waals surface area contributed by atoms with E-state index in [9.17, 15) is 15.0 Å². The van der Waals surface area contributed by atoms with E-state index in [-0.39, 0.29) is 11.4 Å². The minimum absolute atomic E-state index is 0.133. The summed E-state index contributed by atoms with van der Waals surface area (Å²) >= 11 is 3.86. The quantitative estimate of drug-likeness (QED) is 0.438. The molecule has 0 bridgehead atoms. The van der Waals surface area contributed by atoms with Crippen molar-refractivity contribution in [3.05, 3.63) is 23.5 Å². The number of hydrogen-bond donors (Lipinski definition) is 4. The van der Waals surface area contributed by atoms with Crippen molar-refractivity contribution in [2.45, 2.75) is 12.2 Å². The molecule has 0 aromatic carbocycles. The van der Waals surface area contributed by atoms with Crippen LogP contribution in [0, 0.1) is 0 Å². The van der Waals surface area contributed by atoms with E-state index in [0.29, 0.717) is 5.69 Å². The molecule has 3 N–H and O–H groups in total. The summed E-state index contributed by atoms with van der Waals surface area (Å²) in [6.07, 6.45) is -2.06. The summed E-state index contributed by atoms with van der Waals surface area (Å²) in [5.41, 5.74) is 0.592. The Bertz CT molecular complexity index is 339. The maximum atomic E-state index is 11.1. The van der Waals surface area contributed by atoms with Crippen molar-refractivity contribution in [3.63, 3.8) is 0 Å². The number of rotatable bonds is 4. The first-order chi connectivity index (χ1) is 7.10. The molecule has 0 radical (unpaired) electrons. The van der Waals surface area contributed by atoms with Gasteiger partial charge in [0.1, 0.15) is 11.8 Å². The molecule has 0 fully saturated rings. The van der Waals surface area contributed by atoms with Crippen molar-refractivity contribution in [1.29, 1.82) is 0 Å². The average molecular weight is 231 g/mol. The average Bonchev–Trinajstić information content (AvgIpc) is 2.75. The molecule has 84 valence electrons. The van der Waals surface area contributed by atoms with Gasteiger partial charge < -0.3 is 19.9 Å². The molecule has 5 nitrogen and oxygen atoms in total. The van der Waals surface area contributed by atoms with E-state index in [1.165, 1.54) is 19.2 Å². The normalized spacial score (nSPS) is 14.7. The first-order valence-electron chi connectivity index (χ1n) is 4.34. The first-order valence-corrected chi connectivity index (χ1v) is 4.97. The molecule has 0 aliphatic rings. The molecule has 2 atom stereocenters. The molecule has 1 rings (SSSR count). The number of methoxy groups -OCH3 is 1. The van der Waals surface area contributed by atoms with Gasteiger partial charge in [0.2, 0.25) is 0 Å². The monoisotopic (exact) mass is 231 g/mol. The second-order valence-electron chi connectivity index (χ2n) is 3.01. The van der Waals surface area contributed by atoms with Crippen molar-refractivity contribution in [3.8, 4) is 0 Å². The first kappa shape index (κ1) is 12.1. The van der Waals surface area contributed by atoms with Gasteiger partial charge in [-0.1, -0.05) is 0 Å². The second kappa shape index (κ2) is 5.20. The molecule has 0 saturated heterocycles. The molecule has 2 unspecified atom stereocenters. The van der Waals surface area contributed by atoms with Gasteiger partial charge in [0.15, 0.2) is 0 Å². The van der Waals surface area contributed by atoms with Crippen LogP contribution in [0.5, 0.6) is 0 Å². The van der Waals surface area contributed by atoms with Crippen LogP contribution in [0.25, 0.3) is 0 Å². The Morgan fingerprint density at radius 3 is 2.80 bits per heavy atom. The molecule has 15 heavy (non-hydrogen) atoms. The molecule has 1 aromatic heterocycles. The summed E-state index contributed by atoms with van der Waals surface area (Å²) in [5.74, 6) is -0.387. The van der Waals surface area contributed by atoms with Crippen LogP contribution in [-0.2, 0) is 4.74 Å². The second-order valence-corrected chi connectivity index (χ2v) is 3.38. The van der Waals surface area contributed by atoms with Crippen LogP contribution in [-0.4, -0.2) is 40.1 Å². The van der Waals surface area contributed by atoms with E-state index in [0.717, 1.165) is 0 Å². The smallest absolute Gasteiger partial charge is 0.354 e. The minimum atomic E-state index is -1.08. The van der Waals surface area contributed by atoms with Crippen molar-refractivity contribution >= 4 is 18.6 Å². The van der Waals surface area contributed by atoms with Gasteiger partial charge in [-0.15, -0.1) is 0 Å². The third-order valence-corrected chi connectivity index (χ3v) is 2.36. The molecular formula is C9H13NO4S. The van der Waals surface area contributed by atoms with E-state index in [2.05, 4.69) is 22.3 Å². The number of nitrogens with one attached hydrogen (secondary N) is 1. The van der Waals surface area contributed by atoms with Crippen LogP contribution in [0.15, 0.2) is 12.1 Å². The van der Waals surface area contributed by atoms with Crippen LogP contribution >= 0.6 is 12.6 Å². The molecule has 0 saturated carbocycles. The van der Waals surface area contributed by atoms with Crippen LogP contribution in [0.1, 0.15) is 22.3 Å². The zero-order valence-corrected chi connectivity index (χ0v) is 9.07. The molecule has 0 amide bonds. The third kappa shape index (κ3) is 2.74. The molecule has 1 heterocycles. The van der Waals surface area contributed by atoms with E-state index in [1.807, 2.05) is 0 Å². The van der Waals surface area contributed by atoms with Crippen molar-refractivity contribution in [1.82, 2.24) is 4.98 Å². The number of carbonyl (C=O) groups excluding carboxylic acids is 1. The highest BCUT2D eigenvalue weighted by molar-refractivity contribution is 7.80. The highest BCUT2D eigenvalue weighted by atomic mass is 32.1. The molecule has 1 aromatic rings. The highest BCUT2D eigenvalue weighted by Gasteiger charge is 2.19. The number of H-pyrrole nitrogens is 1. The van der Waals surface area contributed by atoms with Crippen molar-refractivity contribution in [2.24, 2.45) is 0 Å². The zero-order chi connectivity index (χ0) is 11.4. The summed E-state index contributed by atoms with van der Waals surface area (Å²) in [6.45, 7) is 0. The summed E-state index contributed by atoms with van der Waals surface area (Å²) in [6, 6.07) is 3.00. The Morgan fingerprint density at radius 2 is 2.27 bits per heavy atom. The lowest BCUT2D eigenvalue weighted by atomic mass is 10.2. The number of aromatic amines is 1. The molecular weight excluding hydrogens is 218 g/mol. The molecule has 0 spiro atoms. The SMILES string of the molecule is COC(=O)c1ccc(C(O)C(O)CS)[nH]1. The lowest BCUT2D eigenvalue weighted by Gasteiger charge is -2.13. The van der Waals surface area contributed by atoms with Crippen LogP contribution in [0.3, 0.4) is 0 Å². The Balaban J connectivity index is 2.79. The van der Waals surface area contributed by atoms with E-state index in [4.69, 9.17) is 0 Å². The number of hydrogen-bond acceptors (Lipinski definition) is 5.